The number of rotatable bonds is 3. The van der Waals surface area contributed by atoms with E-state index in [1.165, 1.54) is 4.90 Å². The molecular weight excluding hydrogens is 345 g/mol. The largest absolute Gasteiger partial charge is 0.497 e. The quantitative estimate of drug-likeness (QED) is 0.878. The maximum absolute atomic E-state index is 12.9. The molecule has 0 saturated carbocycles. The first-order valence-electron chi connectivity index (χ1n) is 8.53. The molecule has 4 nitrogen and oxygen atoms in total. The highest BCUT2D eigenvalue weighted by atomic mass is 19.4. The summed E-state index contributed by atoms with van der Waals surface area (Å²) in [5.41, 5.74) is 0.889. The van der Waals surface area contributed by atoms with Crippen molar-refractivity contribution in [1.82, 2.24) is 10.2 Å². The minimum absolute atomic E-state index is 0.0847. The van der Waals surface area contributed by atoms with Gasteiger partial charge >= 0.3 is 12.2 Å². The van der Waals surface area contributed by atoms with E-state index in [0.29, 0.717) is 13.0 Å². The summed E-state index contributed by atoms with van der Waals surface area (Å²) in [5.74, 6) is -0.666. The number of carbonyl (C=O) groups is 1. The van der Waals surface area contributed by atoms with Gasteiger partial charge in [-0.3, -0.25) is 0 Å². The second-order valence-corrected chi connectivity index (χ2v) is 6.53. The number of fused-ring (bicyclic) bond motifs is 1. The molecule has 0 radical (unpaired) electrons. The normalized spacial score (nSPS) is 18.0. The Bertz CT molecular complexity index is 792. The lowest BCUT2D eigenvalue weighted by molar-refractivity contribution is -0.184. The SMILES string of the molecule is COc1ccc2cc(CNC(=O)N3CCC[C@@H](C(F)(F)F)C3)ccc2c1. The molecule has 1 saturated heterocycles. The van der Waals surface area contributed by atoms with Crippen LogP contribution in [0.4, 0.5) is 18.0 Å². The zero-order valence-electron chi connectivity index (χ0n) is 14.5. The van der Waals surface area contributed by atoms with E-state index in [1.54, 1.807) is 7.11 Å². The second-order valence-electron chi connectivity index (χ2n) is 6.53. The number of carbonyl (C=O) groups excluding carboxylic acids is 1. The summed E-state index contributed by atoms with van der Waals surface area (Å²) in [6.45, 7) is 0.358. The molecule has 0 aromatic heterocycles. The number of piperidine rings is 1. The number of methoxy groups -OCH3 is 1. The fourth-order valence-electron chi connectivity index (χ4n) is 3.23. The average Bonchev–Trinajstić information content (AvgIpc) is 2.65. The third-order valence-corrected chi connectivity index (χ3v) is 4.73. The Balaban J connectivity index is 1.61. The first-order chi connectivity index (χ1) is 12.4. The first kappa shape index (κ1) is 18.4. The molecule has 1 fully saturated rings. The summed E-state index contributed by atoms with van der Waals surface area (Å²) in [5, 5.41) is 4.75. The molecule has 26 heavy (non-hydrogen) atoms. The topological polar surface area (TPSA) is 41.6 Å². The lowest BCUT2D eigenvalue weighted by Gasteiger charge is -2.33. The third-order valence-electron chi connectivity index (χ3n) is 4.73. The number of halogens is 3. The van der Waals surface area contributed by atoms with Crippen molar-refractivity contribution < 1.29 is 22.7 Å². The number of urea groups is 1. The van der Waals surface area contributed by atoms with Gasteiger partial charge < -0.3 is 15.0 Å². The third kappa shape index (κ3) is 4.20. The molecule has 140 valence electrons. The molecule has 1 atom stereocenters. The van der Waals surface area contributed by atoms with Crippen molar-refractivity contribution in [3.63, 3.8) is 0 Å². The van der Waals surface area contributed by atoms with Gasteiger partial charge in [0.1, 0.15) is 5.75 Å². The van der Waals surface area contributed by atoms with E-state index in [-0.39, 0.29) is 19.5 Å². The van der Waals surface area contributed by atoms with Crippen LogP contribution in [0.25, 0.3) is 10.8 Å². The predicted octanol–water partition coefficient (Wildman–Crippen LogP) is 4.33. The van der Waals surface area contributed by atoms with Crippen LogP contribution < -0.4 is 10.1 Å². The lowest BCUT2D eigenvalue weighted by atomic mass is 9.98. The smallest absolute Gasteiger partial charge is 0.393 e. The first-order valence-corrected chi connectivity index (χ1v) is 8.53. The van der Waals surface area contributed by atoms with Crippen molar-refractivity contribution in [1.29, 1.82) is 0 Å². The van der Waals surface area contributed by atoms with Gasteiger partial charge in [-0.05, 0) is 47.4 Å². The maximum Gasteiger partial charge on any atom is 0.393 e. The Morgan fingerprint density at radius 1 is 1.23 bits per heavy atom. The predicted molar refractivity (Wildman–Crippen MR) is 93.1 cm³/mol. The number of alkyl halides is 3. The fourth-order valence-corrected chi connectivity index (χ4v) is 3.23. The lowest BCUT2D eigenvalue weighted by Crippen LogP contribution is -2.48. The van der Waals surface area contributed by atoms with Crippen molar-refractivity contribution in [2.24, 2.45) is 5.92 Å². The molecule has 0 unspecified atom stereocenters. The Kier molecular flexibility index (Phi) is 5.25. The van der Waals surface area contributed by atoms with Gasteiger partial charge in [0.2, 0.25) is 0 Å². The van der Waals surface area contributed by atoms with Crippen molar-refractivity contribution in [2.45, 2.75) is 25.6 Å². The Morgan fingerprint density at radius 2 is 1.96 bits per heavy atom. The molecule has 0 spiro atoms. The fraction of sp³-hybridized carbons (Fsp3) is 0.421. The number of likely N-dealkylation sites (tertiary alicyclic amines) is 1. The number of benzene rings is 2. The minimum Gasteiger partial charge on any atom is -0.497 e. The molecule has 3 rings (SSSR count). The summed E-state index contributed by atoms with van der Waals surface area (Å²) >= 11 is 0. The molecule has 7 heteroatoms. The molecule has 1 aliphatic heterocycles. The van der Waals surface area contributed by atoms with E-state index in [0.717, 1.165) is 22.1 Å². The van der Waals surface area contributed by atoms with Gasteiger partial charge in [0.05, 0.1) is 13.0 Å². The second kappa shape index (κ2) is 7.43. The summed E-state index contributed by atoms with van der Waals surface area (Å²) in [6.07, 6.45) is -3.80. The zero-order valence-corrected chi connectivity index (χ0v) is 14.5. The molecule has 1 N–H and O–H groups in total. The van der Waals surface area contributed by atoms with Gasteiger partial charge in [-0.2, -0.15) is 13.2 Å². The Labute approximate surface area is 149 Å². The van der Waals surface area contributed by atoms with Gasteiger partial charge in [0.15, 0.2) is 0 Å². The highest BCUT2D eigenvalue weighted by Gasteiger charge is 2.42. The molecule has 2 amide bonds. The van der Waals surface area contributed by atoms with Crippen LogP contribution in [0.5, 0.6) is 5.75 Å². The van der Waals surface area contributed by atoms with Crippen molar-refractivity contribution in [2.75, 3.05) is 20.2 Å². The van der Waals surface area contributed by atoms with E-state index < -0.39 is 18.1 Å². The molecular formula is C19H21F3N2O2. The summed E-state index contributed by atoms with van der Waals surface area (Å²) in [7, 11) is 1.61. The molecule has 1 heterocycles. The standard InChI is InChI=1S/C19H21F3N2O2/c1-26-17-7-6-14-9-13(4-5-15(14)10-17)11-23-18(25)24-8-2-3-16(12-24)19(20,21)22/h4-7,9-10,16H,2-3,8,11-12H2,1H3,(H,23,25)/t16-/m1/s1. The van der Waals surface area contributed by atoms with Gasteiger partial charge in [-0.25, -0.2) is 4.79 Å². The van der Waals surface area contributed by atoms with E-state index in [2.05, 4.69) is 5.32 Å². The number of amides is 2. The summed E-state index contributed by atoms with van der Waals surface area (Å²) in [6, 6.07) is 11.0. The maximum atomic E-state index is 12.9. The van der Waals surface area contributed by atoms with Crippen LogP contribution in [0.3, 0.4) is 0 Å². The van der Waals surface area contributed by atoms with Crippen LogP contribution in [0, 0.1) is 5.92 Å². The molecule has 1 aliphatic rings. The number of nitrogens with zero attached hydrogens (tertiary/aromatic N) is 1. The van der Waals surface area contributed by atoms with E-state index in [9.17, 15) is 18.0 Å². The summed E-state index contributed by atoms with van der Waals surface area (Å²) in [4.78, 5) is 13.5. The van der Waals surface area contributed by atoms with E-state index in [4.69, 9.17) is 4.74 Å². The Hall–Kier alpha value is -2.44. The monoisotopic (exact) mass is 366 g/mol. The highest BCUT2D eigenvalue weighted by molar-refractivity contribution is 5.84. The molecule has 2 aromatic carbocycles. The van der Waals surface area contributed by atoms with Gasteiger partial charge in [-0.15, -0.1) is 0 Å². The Morgan fingerprint density at radius 3 is 2.69 bits per heavy atom. The molecule has 0 bridgehead atoms. The average molecular weight is 366 g/mol. The number of nitrogens with one attached hydrogen (secondary N) is 1. The molecule has 0 aliphatic carbocycles. The van der Waals surface area contributed by atoms with Crippen molar-refractivity contribution >= 4 is 16.8 Å². The van der Waals surface area contributed by atoms with Crippen LogP contribution in [-0.4, -0.2) is 37.3 Å². The van der Waals surface area contributed by atoms with Crippen LogP contribution in [0.2, 0.25) is 0 Å². The van der Waals surface area contributed by atoms with Crippen LogP contribution in [0.1, 0.15) is 18.4 Å². The highest BCUT2D eigenvalue weighted by Crippen LogP contribution is 2.33. The molecule has 2 aromatic rings. The van der Waals surface area contributed by atoms with Crippen molar-refractivity contribution in [3.8, 4) is 5.75 Å². The van der Waals surface area contributed by atoms with Gasteiger partial charge in [0, 0.05) is 19.6 Å². The van der Waals surface area contributed by atoms with Crippen LogP contribution >= 0.6 is 0 Å². The number of hydrogen-bond donors (Lipinski definition) is 1. The van der Waals surface area contributed by atoms with Crippen LogP contribution in [0.15, 0.2) is 36.4 Å². The van der Waals surface area contributed by atoms with Gasteiger partial charge in [0.25, 0.3) is 0 Å². The van der Waals surface area contributed by atoms with E-state index >= 15 is 0 Å². The number of hydrogen-bond acceptors (Lipinski definition) is 2. The minimum atomic E-state index is -4.25. The van der Waals surface area contributed by atoms with E-state index in [1.807, 2.05) is 36.4 Å². The summed E-state index contributed by atoms with van der Waals surface area (Å²) < 4.78 is 43.8. The van der Waals surface area contributed by atoms with Crippen LogP contribution in [-0.2, 0) is 6.54 Å². The van der Waals surface area contributed by atoms with Crippen molar-refractivity contribution in [3.05, 3.63) is 42.0 Å². The van der Waals surface area contributed by atoms with Gasteiger partial charge in [-0.1, -0.05) is 18.2 Å². The zero-order chi connectivity index (χ0) is 18.7. The number of ether oxygens (including phenoxy) is 1.